The standard InChI is InChI=1S/C13H24N2O2S/c1-18-6-2-5-15-7-11(10-3-4-10)12(8-15)14-13(17)9-16/h10-12,16H,2-9H2,1H3,(H,14,17)/t11-,12+/m0/s1. The maximum absolute atomic E-state index is 11.3. The predicted octanol–water partition coefficient (Wildman–Crippen LogP) is 0.558. The lowest BCUT2D eigenvalue weighted by molar-refractivity contribution is -0.124. The maximum Gasteiger partial charge on any atom is 0.245 e. The molecule has 0 aromatic rings. The molecule has 1 aliphatic carbocycles. The molecule has 2 atom stereocenters. The Morgan fingerprint density at radius 1 is 1.44 bits per heavy atom. The third kappa shape index (κ3) is 3.87. The van der Waals surface area contributed by atoms with Gasteiger partial charge in [-0.2, -0.15) is 11.8 Å². The SMILES string of the molecule is CSCCCN1C[C@@H](NC(=O)CO)[C@H](C2CC2)C1. The van der Waals surface area contributed by atoms with E-state index < -0.39 is 0 Å². The Morgan fingerprint density at radius 2 is 2.22 bits per heavy atom. The number of aliphatic hydroxyl groups is 1. The van der Waals surface area contributed by atoms with Crippen molar-refractivity contribution in [1.29, 1.82) is 0 Å². The van der Waals surface area contributed by atoms with Crippen LogP contribution >= 0.6 is 11.8 Å². The summed E-state index contributed by atoms with van der Waals surface area (Å²) in [7, 11) is 0. The van der Waals surface area contributed by atoms with Gasteiger partial charge in [0.2, 0.25) is 5.91 Å². The highest BCUT2D eigenvalue weighted by Crippen LogP contribution is 2.41. The number of hydrogen-bond donors (Lipinski definition) is 2. The molecule has 2 aliphatic rings. The highest BCUT2D eigenvalue weighted by Gasteiger charge is 2.42. The Bertz CT molecular complexity index is 284. The van der Waals surface area contributed by atoms with Crippen LogP contribution in [0.1, 0.15) is 19.3 Å². The summed E-state index contributed by atoms with van der Waals surface area (Å²) in [6.07, 6.45) is 5.99. The second-order valence-electron chi connectivity index (χ2n) is 5.44. The molecule has 5 heteroatoms. The molecule has 0 aromatic heterocycles. The Balaban J connectivity index is 1.81. The van der Waals surface area contributed by atoms with Gasteiger partial charge in [-0.3, -0.25) is 4.79 Å². The number of amides is 1. The van der Waals surface area contributed by atoms with Crippen LogP contribution in [0.2, 0.25) is 0 Å². The van der Waals surface area contributed by atoms with E-state index in [4.69, 9.17) is 5.11 Å². The fourth-order valence-electron chi connectivity index (χ4n) is 2.94. The van der Waals surface area contributed by atoms with Gasteiger partial charge in [0.1, 0.15) is 6.61 Å². The number of likely N-dealkylation sites (tertiary alicyclic amines) is 1. The molecule has 104 valence electrons. The Labute approximate surface area is 113 Å². The molecule has 1 saturated heterocycles. The van der Waals surface area contributed by atoms with Crippen LogP contribution in [0.4, 0.5) is 0 Å². The van der Waals surface area contributed by atoms with Crippen molar-refractivity contribution in [2.45, 2.75) is 25.3 Å². The molecule has 1 saturated carbocycles. The molecule has 2 fully saturated rings. The zero-order valence-electron chi connectivity index (χ0n) is 11.1. The number of nitrogens with one attached hydrogen (secondary N) is 1. The van der Waals surface area contributed by atoms with E-state index in [1.54, 1.807) is 0 Å². The van der Waals surface area contributed by atoms with Crippen LogP contribution in [0.3, 0.4) is 0 Å². The molecular weight excluding hydrogens is 248 g/mol. The van der Waals surface area contributed by atoms with Crippen LogP contribution in [0.25, 0.3) is 0 Å². The summed E-state index contributed by atoms with van der Waals surface area (Å²) in [6, 6.07) is 0.256. The second kappa shape index (κ2) is 6.78. The molecule has 4 nitrogen and oxygen atoms in total. The monoisotopic (exact) mass is 272 g/mol. The van der Waals surface area contributed by atoms with Crippen LogP contribution in [-0.4, -0.2) is 60.2 Å². The van der Waals surface area contributed by atoms with Gasteiger partial charge >= 0.3 is 0 Å². The normalized spacial score (nSPS) is 28.6. The average Bonchev–Trinajstić information content (AvgIpc) is 3.13. The van der Waals surface area contributed by atoms with Gasteiger partial charge in [0.05, 0.1) is 0 Å². The third-order valence-electron chi connectivity index (χ3n) is 3.98. The Kier molecular flexibility index (Phi) is 5.33. The molecule has 0 bridgehead atoms. The molecule has 0 spiro atoms. The summed E-state index contributed by atoms with van der Waals surface area (Å²) in [5.41, 5.74) is 0. The van der Waals surface area contributed by atoms with Crippen LogP contribution < -0.4 is 5.32 Å². The van der Waals surface area contributed by atoms with Crippen LogP contribution in [0.15, 0.2) is 0 Å². The van der Waals surface area contributed by atoms with Crippen molar-refractivity contribution < 1.29 is 9.90 Å². The zero-order chi connectivity index (χ0) is 13.0. The van der Waals surface area contributed by atoms with Crippen molar-refractivity contribution >= 4 is 17.7 Å². The first-order valence-corrected chi connectivity index (χ1v) is 8.25. The lowest BCUT2D eigenvalue weighted by Gasteiger charge is -2.18. The number of thioether (sulfide) groups is 1. The van der Waals surface area contributed by atoms with E-state index in [0.29, 0.717) is 5.92 Å². The van der Waals surface area contributed by atoms with E-state index in [2.05, 4.69) is 16.5 Å². The largest absolute Gasteiger partial charge is 0.387 e. The van der Waals surface area contributed by atoms with Gasteiger partial charge in [-0.05, 0) is 49.7 Å². The van der Waals surface area contributed by atoms with E-state index in [0.717, 1.165) is 25.6 Å². The van der Waals surface area contributed by atoms with Crippen molar-refractivity contribution in [3.05, 3.63) is 0 Å². The van der Waals surface area contributed by atoms with E-state index in [1.165, 1.54) is 25.0 Å². The molecular formula is C13H24N2O2S. The fraction of sp³-hybridized carbons (Fsp3) is 0.923. The van der Waals surface area contributed by atoms with Gasteiger partial charge in [0, 0.05) is 19.1 Å². The zero-order valence-corrected chi connectivity index (χ0v) is 11.9. The van der Waals surface area contributed by atoms with Crippen LogP contribution in [0.5, 0.6) is 0 Å². The van der Waals surface area contributed by atoms with Gasteiger partial charge in [-0.15, -0.1) is 0 Å². The van der Waals surface area contributed by atoms with E-state index in [9.17, 15) is 4.79 Å². The second-order valence-corrected chi connectivity index (χ2v) is 6.42. The lowest BCUT2D eigenvalue weighted by Crippen LogP contribution is -2.42. The molecule has 1 amide bonds. The molecule has 0 unspecified atom stereocenters. The van der Waals surface area contributed by atoms with Crippen molar-refractivity contribution in [3.63, 3.8) is 0 Å². The van der Waals surface area contributed by atoms with E-state index >= 15 is 0 Å². The summed E-state index contributed by atoms with van der Waals surface area (Å²) in [5.74, 6) is 2.39. The first-order valence-electron chi connectivity index (χ1n) is 6.86. The van der Waals surface area contributed by atoms with Gasteiger partial charge in [-0.25, -0.2) is 0 Å². The number of carbonyl (C=O) groups is 1. The van der Waals surface area contributed by atoms with Gasteiger partial charge in [0.15, 0.2) is 0 Å². The molecule has 0 radical (unpaired) electrons. The lowest BCUT2D eigenvalue weighted by atomic mass is 9.98. The number of hydrogen-bond acceptors (Lipinski definition) is 4. The van der Waals surface area contributed by atoms with E-state index in [1.807, 2.05) is 11.8 Å². The fourth-order valence-corrected chi connectivity index (χ4v) is 3.35. The quantitative estimate of drug-likeness (QED) is 0.665. The summed E-state index contributed by atoms with van der Waals surface area (Å²) >= 11 is 1.89. The molecule has 1 heterocycles. The van der Waals surface area contributed by atoms with Crippen molar-refractivity contribution in [3.8, 4) is 0 Å². The highest BCUT2D eigenvalue weighted by molar-refractivity contribution is 7.98. The van der Waals surface area contributed by atoms with Crippen LogP contribution in [0, 0.1) is 11.8 Å². The highest BCUT2D eigenvalue weighted by atomic mass is 32.2. The first kappa shape index (κ1) is 14.2. The van der Waals surface area contributed by atoms with Crippen molar-refractivity contribution in [2.75, 3.05) is 38.2 Å². The first-order chi connectivity index (χ1) is 8.74. The molecule has 0 aromatic carbocycles. The molecule has 1 aliphatic heterocycles. The predicted molar refractivity (Wildman–Crippen MR) is 74.7 cm³/mol. The van der Waals surface area contributed by atoms with Gasteiger partial charge in [-0.1, -0.05) is 0 Å². The van der Waals surface area contributed by atoms with Crippen LogP contribution in [-0.2, 0) is 4.79 Å². The number of nitrogens with zero attached hydrogens (tertiary/aromatic N) is 1. The maximum atomic E-state index is 11.3. The molecule has 2 rings (SSSR count). The average molecular weight is 272 g/mol. The van der Waals surface area contributed by atoms with Gasteiger partial charge in [0.25, 0.3) is 0 Å². The number of carbonyl (C=O) groups excluding carboxylic acids is 1. The smallest absolute Gasteiger partial charge is 0.245 e. The Morgan fingerprint density at radius 3 is 2.83 bits per heavy atom. The minimum atomic E-state index is -0.389. The van der Waals surface area contributed by atoms with E-state index in [-0.39, 0.29) is 18.6 Å². The molecule has 2 N–H and O–H groups in total. The number of rotatable bonds is 7. The van der Waals surface area contributed by atoms with Gasteiger partial charge < -0.3 is 15.3 Å². The topological polar surface area (TPSA) is 52.6 Å². The summed E-state index contributed by atoms with van der Waals surface area (Å²) < 4.78 is 0. The summed E-state index contributed by atoms with van der Waals surface area (Å²) in [4.78, 5) is 13.8. The number of aliphatic hydroxyl groups excluding tert-OH is 1. The minimum absolute atomic E-state index is 0.225. The van der Waals surface area contributed by atoms with Crippen molar-refractivity contribution in [2.24, 2.45) is 11.8 Å². The molecule has 18 heavy (non-hydrogen) atoms. The van der Waals surface area contributed by atoms with Crippen molar-refractivity contribution in [1.82, 2.24) is 10.2 Å². The minimum Gasteiger partial charge on any atom is -0.387 e. The summed E-state index contributed by atoms with van der Waals surface area (Å²) in [6.45, 7) is 2.83. The Hall–Kier alpha value is -0.260. The summed E-state index contributed by atoms with van der Waals surface area (Å²) in [5, 5.41) is 11.8. The third-order valence-corrected chi connectivity index (χ3v) is 4.68.